The fraction of sp³-hybridized carbons (Fsp3) is 0.556. The van der Waals surface area contributed by atoms with E-state index < -0.39 is 0 Å². The molecule has 0 bridgehead atoms. The topological polar surface area (TPSA) is 51.8 Å². The molecular weight excluding hydrogens is 150 g/mol. The molecule has 1 aliphatic rings. The number of hydrogen-bond donors (Lipinski definition) is 1. The van der Waals surface area contributed by atoms with E-state index in [2.05, 4.69) is 9.97 Å². The first-order valence-corrected chi connectivity index (χ1v) is 4.28. The van der Waals surface area contributed by atoms with Crippen LogP contribution in [0.2, 0.25) is 0 Å². The van der Waals surface area contributed by atoms with Crippen molar-refractivity contribution in [2.75, 3.05) is 0 Å². The molecule has 0 fully saturated rings. The molecule has 3 heteroatoms. The molecule has 1 heterocycles. The maximum atomic E-state index is 5.92. The molecule has 1 aliphatic carbocycles. The molecule has 0 aromatic carbocycles. The van der Waals surface area contributed by atoms with Crippen molar-refractivity contribution in [1.82, 2.24) is 9.97 Å². The van der Waals surface area contributed by atoms with Crippen molar-refractivity contribution in [2.45, 2.75) is 32.7 Å². The highest BCUT2D eigenvalue weighted by Crippen LogP contribution is 2.29. The van der Waals surface area contributed by atoms with Crippen molar-refractivity contribution >= 4 is 0 Å². The monoisotopic (exact) mass is 163 g/mol. The van der Waals surface area contributed by atoms with Gasteiger partial charge in [-0.05, 0) is 26.7 Å². The van der Waals surface area contributed by atoms with Crippen LogP contribution in [0, 0.1) is 13.8 Å². The van der Waals surface area contributed by atoms with E-state index in [9.17, 15) is 0 Å². The lowest BCUT2D eigenvalue weighted by molar-refractivity contribution is 0.707. The first-order chi connectivity index (χ1) is 5.68. The molecule has 64 valence electrons. The zero-order chi connectivity index (χ0) is 8.72. The fourth-order valence-electron chi connectivity index (χ4n) is 1.90. The summed E-state index contributed by atoms with van der Waals surface area (Å²) < 4.78 is 0. The Kier molecular flexibility index (Phi) is 1.61. The molecule has 1 unspecified atom stereocenters. The number of aromatic nitrogens is 2. The smallest absolute Gasteiger partial charge is 0.125 e. The minimum Gasteiger partial charge on any atom is -0.324 e. The zero-order valence-electron chi connectivity index (χ0n) is 7.46. The van der Waals surface area contributed by atoms with Crippen LogP contribution in [0.4, 0.5) is 0 Å². The first kappa shape index (κ1) is 7.68. The summed E-state index contributed by atoms with van der Waals surface area (Å²) in [5.74, 6) is 0.861. The van der Waals surface area contributed by atoms with Gasteiger partial charge in [0, 0.05) is 23.0 Å². The third-order valence-corrected chi connectivity index (χ3v) is 2.39. The number of nitrogens with two attached hydrogens (primary N) is 1. The van der Waals surface area contributed by atoms with Gasteiger partial charge >= 0.3 is 0 Å². The van der Waals surface area contributed by atoms with Crippen LogP contribution >= 0.6 is 0 Å². The Morgan fingerprint density at radius 3 is 2.83 bits per heavy atom. The van der Waals surface area contributed by atoms with Crippen LogP contribution < -0.4 is 5.73 Å². The molecule has 0 saturated carbocycles. The number of nitrogens with zero attached hydrogens (tertiary/aromatic N) is 2. The van der Waals surface area contributed by atoms with Crippen molar-refractivity contribution in [3.63, 3.8) is 0 Å². The number of hydrogen-bond acceptors (Lipinski definition) is 3. The van der Waals surface area contributed by atoms with E-state index in [0.717, 1.165) is 30.1 Å². The third-order valence-electron chi connectivity index (χ3n) is 2.39. The molecule has 2 N–H and O–H groups in total. The molecule has 12 heavy (non-hydrogen) atoms. The van der Waals surface area contributed by atoms with Crippen LogP contribution in [0.15, 0.2) is 0 Å². The highest BCUT2D eigenvalue weighted by atomic mass is 14.9. The molecule has 1 aromatic heterocycles. The summed E-state index contributed by atoms with van der Waals surface area (Å²) in [5, 5.41) is 0. The summed E-state index contributed by atoms with van der Waals surface area (Å²) >= 11 is 0. The van der Waals surface area contributed by atoms with E-state index in [4.69, 9.17) is 5.73 Å². The maximum Gasteiger partial charge on any atom is 0.125 e. The van der Waals surface area contributed by atoms with E-state index in [-0.39, 0.29) is 6.04 Å². The van der Waals surface area contributed by atoms with E-state index in [0.29, 0.717) is 0 Å². The van der Waals surface area contributed by atoms with Crippen LogP contribution in [-0.4, -0.2) is 9.97 Å². The Labute approximate surface area is 72.0 Å². The normalized spacial score (nSPS) is 21.1. The lowest BCUT2D eigenvalue weighted by atomic mass is 10.1. The minimum absolute atomic E-state index is 0.167. The molecule has 0 radical (unpaired) electrons. The molecule has 2 rings (SSSR count). The first-order valence-electron chi connectivity index (χ1n) is 4.28. The number of fused-ring (bicyclic) bond motifs is 1. The average Bonchev–Trinajstić information content (AvgIpc) is 2.31. The largest absolute Gasteiger partial charge is 0.324 e. The van der Waals surface area contributed by atoms with Gasteiger partial charge in [0.25, 0.3) is 0 Å². The van der Waals surface area contributed by atoms with Gasteiger partial charge in [0.2, 0.25) is 0 Å². The Morgan fingerprint density at radius 2 is 2.08 bits per heavy atom. The summed E-state index contributed by atoms with van der Waals surface area (Å²) in [5.41, 5.74) is 9.32. The van der Waals surface area contributed by atoms with Gasteiger partial charge in [-0.15, -0.1) is 0 Å². The highest BCUT2D eigenvalue weighted by Gasteiger charge is 2.23. The van der Waals surface area contributed by atoms with Crippen LogP contribution in [-0.2, 0) is 6.42 Å². The van der Waals surface area contributed by atoms with E-state index in [1.165, 1.54) is 5.56 Å². The van der Waals surface area contributed by atoms with Crippen LogP contribution in [0.25, 0.3) is 0 Å². The van der Waals surface area contributed by atoms with Gasteiger partial charge in [0.1, 0.15) is 5.82 Å². The molecular formula is C9H13N3. The number of aryl methyl sites for hydroxylation is 3. The standard InChI is InChI=1S/C9H13N3/c1-5-9-7(10)3-4-8(9)12-6(2)11-5/h7H,3-4,10H2,1-2H3. The quantitative estimate of drug-likeness (QED) is 0.621. The van der Waals surface area contributed by atoms with Gasteiger partial charge < -0.3 is 5.73 Å². The second kappa shape index (κ2) is 2.52. The van der Waals surface area contributed by atoms with Crippen molar-refractivity contribution in [3.8, 4) is 0 Å². The van der Waals surface area contributed by atoms with Crippen molar-refractivity contribution in [1.29, 1.82) is 0 Å². The van der Waals surface area contributed by atoms with Crippen molar-refractivity contribution in [3.05, 3.63) is 22.8 Å². The Hall–Kier alpha value is -0.960. The number of rotatable bonds is 0. The summed E-state index contributed by atoms with van der Waals surface area (Å²) in [4.78, 5) is 8.68. The molecule has 1 atom stereocenters. The minimum atomic E-state index is 0.167. The van der Waals surface area contributed by atoms with Gasteiger partial charge in [0.15, 0.2) is 0 Å². The lowest BCUT2D eigenvalue weighted by Crippen LogP contribution is -2.09. The van der Waals surface area contributed by atoms with Crippen molar-refractivity contribution < 1.29 is 0 Å². The summed E-state index contributed by atoms with van der Waals surface area (Å²) in [7, 11) is 0. The second-order valence-corrected chi connectivity index (χ2v) is 3.36. The van der Waals surface area contributed by atoms with Crippen molar-refractivity contribution in [2.24, 2.45) is 5.73 Å². The average molecular weight is 163 g/mol. The molecule has 0 spiro atoms. The SMILES string of the molecule is Cc1nc(C)c2c(n1)CCC2N. The Morgan fingerprint density at radius 1 is 1.33 bits per heavy atom. The Bertz CT molecular complexity index is 320. The zero-order valence-corrected chi connectivity index (χ0v) is 7.46. The Balaban J connectivity index is 2.60. The molecule has 3 nitrogen and oxygen atoms in total. The maximum absolute atomic E-state index is 5.92. The van der Waals surface area contributed by atoms with Gasteiger partial charge in [-0.2, -0.15) is 0 Å². The molecule has 0 aliphatic heterocycles. The predicted octanol–water partition coefficient (Wildman–Crippen LogP) is 1.04. The summed E-state index contributed by atoms with van der Waals surface area (Å²) in [6.45, 7) is 3.94. The van der Waals surface area contributed by atoms with Gasteiger partial charge in [-0.3, -0.25) is 0 Å². The van der Waals surface area contributed by atoms with Crippen LogP contribution in [0.1, 0.15) is 35.2 Å². The van der Waals surface area contributed by atoms with Crippen LogP contribution in [0.3, 0.4) is 0 Å². The van der Waals surface area contributed by atoms with Gasteiger partial charge in [0.05, 0.1) is 0 Å². The lowest BCUT2D eigenvalue weighted by Gasteiger charge is -2.07. The summed E-state index contributed by atoms with van der Waals surface area (Å²) in [6.07, 6.45) is 2.04. The van der Waals surface area contributed by atoms with E-state index in [1.807, 2.05) is 13.8 Å². The van der Waals surface area contributed by atoms with E-state index >= 15 is 0 Å². The highest BCUT2D eigenvalue weighted by molar-refractivity contribution is 5.32. The van der Waals surface area contributed by atoms with Crippen LogP contribution in [0.5, 0.6) is 0 Å². The molecule has 0 amide bonds. The fourth-order valence-corrected chi connectivity index (χ4v) is 1.90. The molecule has 0 saturated heterocycles. The second-order valence-electron chi connectivity index (χ2n) is 3.36. The predicted molar refractivity (Wildman–Crippen MR) is 46.8 cm³/mol. The third kappa shape index (κ3) is 1.01. The molecule has 1 aromatic rings. The van der Waals surface area contributed by atoms with E-state index in [1.54, 1.807) is 0 Å². The van der Waals surface area contributed by atoms with Gasteiger partial charge in [-0.1, -0.05) is 0 Å². The summed E-state index contributed by atoms with van der Waals surface area (Å²) in [6, 6.07) is 0.167. The van der Waals surface area contributed by atoms with Gasteiger partial charge in [-0.25, -0.2) is 9.97 Å².